The predicted molar refractivity (Wildman–Crippen MR) is 70.6 cm³/mol. The van der Waals surface area contributed by atoms with Gasteiger partial charge >= 0.3 is 0 Å². The van der Waals surface area contributed by atoms with E-state index in [2.05, 4.69) is 54.7 Å². The van der Waals surface area contributed by atoms with Crippen LogP contribution in [0.1, 0.15) is 37.5 Å². The van der Waals surface area contributed by atoms with Gasteiger partial charge in [-0.2, -0.15) is 0 Å². The summed E-state index contributed by atoms with van der Waals surface area (Å²) < 4.78 is 0. The van der Waals surface area contributed by atoms with Gasteiger partial charge in [0.15, 0.2) is 0 Å². The molecule has 0 aliphatic carbocycles. The van der Waals surface area contributed by atoms with E-state index in [1.807, 2.05) is 20.8 Å². The Hall–Kier alpha value is -1.56. The average molecular weight is 198 g/mol. The summed E-state index contributed by atoms with van der Waals surface area (Å²) in [6.45, 7) is 6.12. The Kier molecular flexibility index (Phi) is 4.62. The van der Waals surface area contributed by atoms with Crippen LogP contribution in [0.3, 0.4) is 0 Å². The monoisotopic (exact) mass is 198 g/mol. The molecule has 0 radical (unpaired) electrons. The van der Waals surface area contributed by atoms with Gasteiger partial charge in [-0.25, -0.2) is 0 Å². The minimum Gasteiger partial charge on any atom is -0.0871 e. The molecule has 0 amide bonds. The quantitative estimate of drug-likeness (QED) is 0.655. The molecule has 0 aromatic heterocycles. The highest BCUT2D eigenvalue weighted by Crippen LogP contribution is 2.14. The zero-order valence-corrected chi connectivity index (χ0v) is 9.70. The summed E-state index contributed by atoms with van der Waals surface area (Å²) in [5.41, 5.74) is 3.75. The Balaban J connectivity index is 3.19. The molecular weight excluding hydrogens is 180 g/mol. The molecule has 1 aromatic carbocycles. The Bertz CT molecular complexity index is 318. The number of benzene rings is 1. The van der Waals surface area contributed by atoms with Gasteiger partial charge in [-0.15, -0.1) is 0 Å². The van der Waals surface area contributed by atoms with Gasteiger partial charge in [-0.1, -0.05) is 36.5 Å². The lowest BCUT2D eigenvalue weighted by Crippen LogP contribution is -1.80. The Labute approximate surface area is 92.6 Å². The van der Waals surface area contributed by atoms with Crippen molar-refractivity contribution in [3.63, 3.8) is 0 Å². The Morgan fingerprint density at radius 1 is 0.600 bits per heavy atom. The second-order valence-corrected chi connectivity index (χ2v) is 3.43. The van der Waals surface area contributed by atoms with Crippen molar-refractivity contribution in [3.8, 4) is 0 Å². The maximum Gasteiger partial charge on any atom is -0.0248 e. The maximum atomic E-state index is 2.19. The molecule has 0 aliphatic rings. The molecule has 0 saturated carbocycles. The molecule has 1 aromatic rings. The van der Waals surface area contributed by atoms with E-state index in [0.717, 1.165) is 0 Å². The normalized spacial score (nSPS) is 12.2. The summed E-state index contributed by atoms with van der Waals surface area (Å²) in [7, 11) is 0. The van der Waals surface area contributed by atoms with Crippen molar-refractivity contribution in [1.29, 1.82) is 0 Å². The SMILES string of the molecule is C/C=C\c1cc(/C=C\C)cc(/C=C\C)c1. The van der Waals surface area contributed by atoms with Gasteiger partial charge in [-0.3, -0.25) is 0 Å². The van der Waals surface area contributed by atoms with Crippen LogP contribution in [-0.2, 0) is 0 Å². The molecule has 0 fully saturated rings. The molecule has 0 heteroatoms. The van der Waals surface area contributed by atoms with Crippen molar-refractivity contribution >= 4 is 18.2 Å². The van der Waals surface area contributed by atoms with Gasteiger partial charge in [0.25, 0.3) is 0 Å². The summed E-state index contributed by atoms with van der Waals surface area (Å²) in [5, 5.41) is 0. The van der Waals surface area contributed by atoms with Crippen LogP contribution in [0, 0.1) is 0 Å². The van der Waals surface area contributed by atoms with Gasteiger partial charge in [0.05, 0.1) is 0 Å². The lowest BCUT2D eigenvalue weighted by Gasteiger charge is -2.01. The summed E-state index contributed by atoms with van der Waals surface area (Å²) >= 11 is 0. The van der Waals surface area contributed by atoms with Crippen LogP contribution in [0.5, 0.6) is 0 Å². The molecule has 0 unspecified atom stereocenters. The summed E-state index contributed by atoms with van der Waals surface area (Å²) in [5.74, 6) is 0. The molecule has 78 valence electrons. The molecule has 0 N–H and O–H groups in total. The van der Waals surface area contributed by atoms with E-state index in [1.54, 1.807) is 0 Å². The molecule has 0 spiro atoms. The van der Waals surface area contributed by atoms with Crippen LogP contribution in [0.4, 0.5) is 0 Å². The minimum atomic E-state index is 1.25. The van der Waals surface area contributed by atoms with Gasteiger partial charge in [0, 0.05) is 0 Å². The third-order valence-corrected chi connectivity index (χ3v) is 2.08. The van der Waals surface area contributed by atoms with Crippen LogP contribution in [-0.4, -0.2) is 0 Å². The van der Waals surface area contributed by atoms with Crippen molar-refractivity contribution in [2.24, 2.45) is 0 Å². The number of rotatable bonds is 3. The molecule has 0 bridgehead atoms. The highest BCUT2D eigenvalue weighted by molar-refractivity contribution is 5.64. The molecule has 0 saturated heterocycles. The molecule has 0 atom stereocenters. The molecule has 0 nitrogen and oxygen atoms in total. The van der Waals surface area contributed by atoms with Crippen LogP contribution in [0.25, 0.3) is 18.2 Å². The van der Waals surface area contributed by atoms with Gasteiger partial charge < -0.3 is 0 Å². The molecule has 0 heterocycles. The Morgan fingerprint density at radius 2 is 0.867 bits per heavy atom. The minimum absolute atomic E-state index is 1.25. The van der Waals surface area contributed by atoms with Crippen LogP contribution in [0.15, 0.2) is 36.4 Å². The van der Waals surface area contributed by atoms with Crippen molar-refractivity contribution in [1.82, 2.24) is 0 Å². The summed E-state index contributed by atoms with van der Waals surface area (Å²) in [6, 6.07) is 6.56. The van der Waals surface area contributed by atoms with Crippen molar-refractivity contribution in [3.05, 3.63) is 53.1 Å². The first-order valence-electron chi connectivity index (χ1n) is 5.33. The van der Waals surface area contributed by atoms with E-state index in [1.165, 1.54) is 16.7 Å². The zero-order valence-electron chi connectivity index (χ0n) is 9.70. The van der Waals surface area contributed by atoms with Crippen LogP contribution in [0.2, 0.25) is 0 Å². The lowest BCUT2D eigenvalue weighted by molar-refractivity contribution is 1.56. The standard InChI is InChI=1S/C15H18/c1-4-7-13-10-14(8-5-2)12-15(11-13)9-6-3/h4-12H,1-3H3/b7-4-,8-5-,9-6-. The van der Waals surface area contributed by atoms with Crippen LogP contribution >= 0.6 is 0 Å². The smallest absolute Gasteiger partial charge is 0.0248 e. The van der Waals surface area contributed by atoms with Gasteiger partial charge in [-0.05, 0) is 55.7 Å². The van der Waals surface area contributed by atoms with Crippen LogP contribution < -0.4 is 0 Å². The van der Waals surface area contributed by atoms with Gasteiger partial charge in [0.1, 0.15) is 0 Å². The summed E-state index contributed by atoms with van der Waals surface area (Å²) in [6.07, 6.45) is 12.6. The van der Waals surface area contributed by atoms with E-state index < -0.39 is 0 Å². The average Bonchev–Trinajstić information content (AvgIpc) is 2.19. The van der Waals surface area contributed by atoms with Crippen molar-refractivity contribution in [2.45, 2.75) is 20.8 Å². The number of allylic oxidation sites excluding steroid dienone is 3. The first kappa shape index (κ1) is 11.5. The maximum absolute atomic E-state index is 2.19. The van der Waals surface area contributed by atoms with E-state index in [0.29, 0.717) is 0 Å². The second-order valence-electron chi connectivity index (χ2n) is 3.43. The fourth-order valence-corrected chi connectivity index (χ4v) is 1.57. The largest absolute Gasteiger partial charge is 0.0871 e. The van der Waals surface area contributed by atoms with E-state index >= 15 is 0 Å². The molecular formula is C15H18. The molecule has 1 rings (SSSR count). The molecule has 15 heavy (non-hydrogen) atoms. The van der Waals surface area contributed by atoms with E-state index in [-0.39, 0.29) is 0 Å². The van der Waals surface area contributed by atoms with Crippen molar-refractivity contribution in [2.75, 3.05) is 0 Å². The fraction of sp³-hybridized carbons (Fsp3) is 0.200. The topological polar surface area (TPSA) is 0 Å². The van der Waals surface area contributed by atoms with E-state index in [9.17, 15) is 0 Å². The number of hydrogen-bond donors (Lipinski definition) is 0. The lowest BCUT2D eigenvalue weighted by atomic mass is 10.0. The summed E-state index contributed by atoms with van der Waals surface area (Å²) in [4.78, 5) is 0. The predicted octanol–water partition coefficient (Wildman–Crippen LogP) is 4.79. The fourth-order valence-electron chi connectivity index (χ4n) is 1.57. The first-order chi connectivity index (χ1) is 7.30. The molecule has 0 aliphatic heterocycles. The second kappa shape index (κ2) is 6.02. The first-order valence-corrected chi connectivity index (χ1v) is 5.33. The number of hydrogen-bond acceptors (Lipinski definition) is 0. The zero-order chi connectivity index (χ0) is 11.1. The highest BCUT2D eigenvalue weighted by atomic mass is 14.0. The Morgan fingerprint density at radius 3 is 1.07 bits per heavy atom. The van der Waals surface area contributed by atoms with E-state index in [4.69, 9.17) is 0 Å². The van der Waals surface area contributed by atoms with Gasteiger partial charge in [0.2, 0.25) is 0 Å². The van der Waals surface area contributed by atoms with Crippen molar-refractivity contribution < 1.29 is 0 Å². The third-order valence-electron chi connectivity index (χ3n) is 2.08. The highest BCUT2D eigenvalue weighted by Gasteiger charge is 1.94. The third kappa shape index (κ3) is 3.59.